The number of ether oxygens (including phenoxy) is 1. The first-order chi connectivity index (χ1) is 13.2. The van der Waals surface area contributed by atoms with Gasteiger partial charge in [-0.3, -0.25) is 0 Å². The molecule has 0 unspecified atom stereocenters. The van der Waals surface area contributed by atoms with Crippen LogP contribution in [0.2, 0.25) is 0 Å². The second-order valence-electron chi connectivity index (χ2n) is 8.10. The zero-order valence-electron chi connectivity index (χ0n) is 16.6. The number of benzene rings is 1. The number of aliphatic imine (C=N–C) groups is 1. The molecule has 2 aromatic rings. The molecule has 0 aliphatic heterocycles. The van der Waals surface area contributed by atoms with E-state index < -0.39 is 0 Å². The molecular weight excluding hydrogens is 594 g/mol. The molecule has 0 bridgehead atoms. The Morgan fingerprint density at radius 3 is 2.75 bits per heavy atom. The summed E-state index contributed by atoms with van der Waals surface area (Å²) >= 11 is 6.30. The number of fused-ring (bicyclic) bond motifs is 1. The fraction of sp³-hybridized carbons (Fsp3) is 0.455. The van der Waals surface area contributed by atoms with E-state index in [1.165, 1.54) is 10.4 Å². The third kappa shape index (κ3) is 4.73. The van der Waals surface area contributed by atoms with Crippen LogP contribution in [0.4, 0.5) is 5.00 Å². The third-order valence-corrected chi connectivity index (χ3v) is 7.82. The molecule has 3 rings (SSSR count). The van der Waals surface area contributed by atoms with Gasteiger partial charge in [-0.15, -0.1) is 11.3 Å². The van der Waals surface area contributed by atoms with E-state index in [0.29, 0.717) is 17.9 Å². The molecule has 1 heterocycles. The minimum absolute atomic E-state index is 0.293. The number of nitriles is 1. The predicted octanol–water partition coefficient (Wildman–Crippen LogP) is 7.13. The van der Waals surface area contributed by atoms with E-state index in [4.69, 9.17) is 9.73 Å². The molecule has 1 aliphatic carbocycles. The van der Waals surface area contributed by atoms with Crippen molar-refractivity contribution in [3.05, 3.63) is 40.8 Å². The van der Waals surface area contributed by atoms with Crippen molar-refractivity contribution in [3.8, 4) is 11.8 Å². The molecule has 0 fully saturated rings. The molecule has 1 aromatic heterocycles. The van der Waals surface area contributed by atoms with Crippen LogP contribution in [0.1, 0.15) is 55.7 Å². The van der Waals surface area contributed by atoms with Crippen molar-refractivity contribution in [1.29, 1.82) is 5.26 Å². The van der Waals surface area contributed by atoms with Crippen molar-refractivity contribution in [3.63, 3.8) is 0 Å². The number of halogens is 2. The van der Waals surface area contributed by atoms with Gasteiger partial charge in [0.25, 0.3) is 0 Å². The van der Waals surface area contributed by atoms with Gasteiger partial charge in [-0.25, -0.2) is 4.99 Å². The number of thiophene rings is 1. The Morgan fingerprint density at radius 2 is 2.11 bits per heavy atom. The smallest absolute Gasteiger partial charge is 0.141 e. The quantitative estimate of drug-likeness (QED) is 0.271. The second-order valence-corrected chi connectivity index (χ2v) is 11.6. The largest absolute Gasteiger partial charge is 0.492 e. The molecule has 0 radical (unpaired) electrons. The molecule has 0 saturated carbocycles. The van der Waals surface area contributed by atoms with E-state index in [1.807, 2.05) is 13.1 Å². The molecule has 1 atom stereocenters. The van der Waals surface area contributed by atoms with Gasteiger partial charge in [0.2, 0.25) is 0 Å². The summed E-state index contributed by atoms with van der Waals surface area (Å²) in [6.07, 6.45) is 5.04. The van der Waals surface area contributed by atoms with Crippen molar-refractivity contribution < 1.29 is 4.74 Å². The maximum absolute atomic E-state index is 9.77. The van der Waals surface area contributed by atoms with Gasteiger partial charge in [0.05, 0.1) is 15.7 Å². The summed E-state index contributed by atoms with van der Waals surface area (Å²) in [6.45, 7) is 9.54. The summed E-state index contributed by atoms with van der Waals surface area (Å²) in [5.41, 5.74) is 3.24. The number of nitrogens with zero attached hydrogens (tertiary/aromatic N) is 2. The van der Waals surface area contributed by atoms with Crippen LogP contribution in [0.5, 0.6) is 5.75 Å². The Morgan fingerprint density at radius 1 is 1.36 bits per heavy atom. The van der Waals surface area contributed by atoms with E-state index in [2.05, 4.69) is 84.2 Å². The van der Waals surface area contributed by atoms with Gasteiger partial charge in [0, 0.05) is 20.2 Å². The first kappa shape index (κ1) is 22.0. The lowest BCUT2D eigenvalue weighted by Gasteiger charge is -2.33. The van der Waals surface area contributed by atoms with E-state index in [0.717, 1.165) is 48.3 Å². The topological polar surface area (TPSA) is 45.4 Å². The molecule has 148 valence electrons. The highest BCUT2D eigenvalue weighted by molar-refractivity contribution is 14.1. The minimum atomic E-state index is 0.293. The second kappa shape index (κ2) is 9.00. The van der Waals surface area contributed by atoms with E-state index >= 15 is 0 Å². The van der Waals surface area contributed by atoms with Crippen LogP contribution >= 0.6 is 56.5 Å². The predicted molar refractivity (Wildman–Crippen MR) is 134 cm³/mol. The lowest BCUT2D eigenvalue weighted by Crippen LogP contribution is -2.26. The summed E-state index contributed by atoms with van der Waals surface area (Å²) < 4.78 is 8.06. The summed E-state index contributed by atoms with van der Waals surface area (Å²) in [4.78, 5) is 6.09. The molecular formula is C22H24I2N2OS. The lowest BCUT2D eigenvalue weighted by atomic mass is 9.72. The monoisotopic (exact) mass is 618 g/mol. The van der Waals surface area contributed by atoms with Crippen molar-refractivity contribution in [1.82, 2.24) is 0 Å². The maximum Gasteiger partial charge on any atom is 0.141 e. The van der Waals surface area contributed by atoms with Gasteiger partial charge in [-0.05, 0) is 100 Å². The van der Waals surface area contributed by atoms with Gasteiger partial charge in [0.1, 0.15) is 16.8 Å². The fourth-order valence-corrected chi connectivity index (χ4v) is 6.88. The van der Waals surface area contributed by atoms with E-state index in [9.17, 15) is 5.26 Å². The zero-order chi connectivity index (χ0) is 20.5. The van der Waals surface area contributed by atoms with Crippen molar-refractivity contribution in [2.75, 3.05) is 6.61 Å². The number of hydrogen-bond donors (Lipinski definition) is 0. The van der Waals surface area contributed by atoms with Crippen molar-refractivity contribution in [2.45, 2.75) is 47.0 Å². The maximum atomic E-state index is 9.77. The van der Waals surface area contributed by atoms with Crippen molar-refractivity contribution >= 4 is 67.7 Å². The average molecular weight is 618 g/mol. The average Bonchev–Trinajstić information content (AvgIpc) is 2.98. The van der Waals surface area contributed by atoms with Crippen LogP contribution in [0.15, 0.2) is 17.1 Å². The molecule has 0 saturated heterocycles. The summed E-state index contributed by atoms with van der Waals surface area (Å²) in [5, 5.41) is 10.6. The van der Waals surface area contributed by atoms with Crippen LogP contribution in [-0.4, -0.2) is 12.8 Å². The molecule has 1 aromatic carbocycles. The molecule has 3 nitrogen and oxygen atoms in total. The highest BCUT2D eigenvalue weighted by Crippen LogP contribution is 2.45. The molecule has 0 N–H and O–H groups in total. The first-order valence-electron chi connectivity index (χ1n) is 9.45. The van der Waals surface area contributed by atoms with Gasteiger partial charge in [-0.2, -0.15) is 5.26 Å². The van der Waals surface area contributed by atoms with Gasteiger partial charge >= 0.3 is 0 Å². The Kier molecular flexibility index (Phi) is 7.09. The van der Waals surface area contributed by atoms with Crippen LogP contribution in [0.3, 0.4) is 0 Å². The fourth-order valence-electron chi connectivity index (χ4n) is 3.62. The Hall–Kier alpha value is -0.660. The molecule has 6 heteroatoms. The van der Waals surface area contributed by atoms with Crippen LogP contribution in [-0.2, 0) is 12.8 Å². The van der Waals surface area contributed by atoms with Crippen LogP contribution in [0, 0.1) is 29.8 Å². The zero-order valence-corrected chi connectivity index (χ0v) is 21.7. The Labute approximate surface area is 198 Å². The highest BCUT2D eigenvalue weighted by atomic mass is 127. The molecule has 28 heavy (non-hydrogen) atoms. The first-order valence-corrected chi connectivity index (χ1v) is 12.4. The van der Waals surface area contributed by atoms with Gasteiger partial charge in [-0.1, -0.05) is 20.8 Å². The van der Waals surface area contributed by atoms with Gasteiger partial charge < -0.3 is 4.74 Å². The van der Waals surface area contributed by atoms with E-state index in [-0.39, 0.29) is 0 Å². The molecule has 0 spiro atoms. The normalized spacial score (nSPS) is 16.8. The summed E-state index contributed by atoms with van der Waals surface area (Å²) in [5.74, 6) is 1.52. The number of rotatable bonds is 4. The van der Waals surface area contributed by atoms with E-state index in [1.54, 1.807) is 11.3 Å². The highest BCUT2D eigenvalue weighted by Gasteiger charge is 2.32. The van der Waals surface area contributed by atoms with Crippen LogP contribution in [0.25, 0.3) is 0 Å². The summed E-state index contributed by atoms with van der Waals surface area (Å²) in [6, 6.07) is 6.59. The SMILES string of the molecule is CCOc1c(I)cc(I)cc1C=Nc1sc2c(c1C#N)CC[C@@H](C(C)(C)C)C2. The van der Waals surface area contributed by atoms with Crippen LogP contribution < -0.4 is 4.74 Å². The molecule has 0 amide bonds. The van der Waals surface area contributed by atoms with Crippen molar-refractivity contribution in [2.24, 2.45) is 16.3 Å². The van der Waals surface area contributed by atoms with Gasteiger partial charge in [0.15, 0.2) is 0 Å². The minimum Gasteiger partial charge on any atom is -0.492 e. The third-order valence-electron chi connectivity index (χ3n) is 5.23. The Balaban J connectivity index is 1.97. The standard InChI is InChI=1S/C22H24I2N2OS/c1-5-27-20-13(8-15(23)10-18(20)24)12-26-21-17(11-25)16-7-6-14(22(2,3)4)9-19(16)28-21/h8,10,12,14H,5-7,9H2,1-4H3/t14-/m1/s1. The lowest BCUT2D eigenvalue weighted by molar-refractivity contribution is 0.218. The summed E-state index contributed by atoms with van der Waals surface area (Å²) in [7, 11) is 0. The number of hydrogen-bond acceptors (Lipinski definition) is 4. The Bertz CT molecular complexity index is 951. The molecule has 1 aliphatic rings.